The maximum absolute atomic E-state index is 11.3. The van der Waals surface area contributed by atoms with Gasteiger partial charge in [0.25, 0.3) is 0 Å². The van der Waals surface area contributed by atoms with Gasteiger partial charge in [0.15, 0.2) is 9.84 Å². The average molecular weight is 228 g/mol. The van der Waals surface area contributed by atoms with Crippen molar-refractivity contribution >= 4 is 9.84 Å². The summed E-state index contributed by atoms with van der Waals surface area (Å²) in [7, 11) is -3.12. The van der Waals surface area contributed by atoms with Crippen molar-refractivity contribution in [3.05, 3.63) is 29.9 Å². The first-order valence-corrected chi connectivity index (χ1v) is 6.41. The van der Waals surface area contributed by atoms with Crippen LogP contribution in [0.4, 0.5) is 0 Å². The number of aliphatic hydroxyl groups is 1. The van der Waals surface area contributed by atoms with Crippen LogP contribution >= 0.6 is 0 Å². The van der Waals surface area contributed by atoms with Gasteiger partial charge in [0, 0.05) is 12.4 Å². The topological polar surface area (TPSA) is 83.2 Å². The fraction of sp³-hybridized carbons (Fsp3) is 0.444. The first kappa shape index (κ1) is 10.4. The van der Waals surface area contributed by atoms with Gasteiger partial charge in [-0.25, -0.2) is 8.42 Å². The van der Waals surface area contributed by atoms with Crippen LogP contribution in [0, 0.1) is 5.41 Å². The van der Waals surface area contributed by atoms with Gasteiger partial charge in [0.2, 0.25) is 0 Å². The molecule has 0 aliphatic carbocycles. The number of hydrogen-bond acceptors (Lipinski definition) is 4. The molecule has 1 saturated heterocycles. The van der Waals surface area contributed by atoms with Crippen molar-refractivity contribution in [3.8, 4) is 0 Å². The van der Waals surface area contributed by atoms with Crippen LogP contribution < -0.4 is 5.36 Å². The number of pyridine rings is 1. The van der Waals surface area contributed by atoms with E-state index in [4.69, 9.17) is 5.41 Å². The van der Waals surface area contributed by atoms with Crippen molar-refractivity contribution < 1.29 is 13.5 Å². The molecule has 15 heavy (non-hydrogen) atoms. The number of nitrogens with zero attached hydrogens (tertiary/aromatic N) is 1. The maximum atomic E-state index is 11.3. The predicted octanol–water partition coefficient (Wildman–Crippen LogP) is -0.702. The number of hydrogen-bond donors (Lipinski definition) is 2. The summed E-state index contributed by atoms with van der Waals surface area (Å²) >= 11 is 0. The molecule has 2 heterocycles. The van der Waals surface area contributed by atoms with Crippen molar-refractivity contribution in [2.45, 2.75) is 12.1 Å². The van der Waals surface area contributed by atoms with E-state index >= 15 is 0 Å². The first-order chi connectivity index (χ1) is 6.98. The van der Waals surface area contributed by atoms with Gasteiger partial charge in [0.05, 0.1) is 29.0 Å². The zero-order chi connectivity index (χ0) is 11.1. The highest BCUT2D eigenvalue weighted by Gasteiger charge is 2.36. The van der Waals surface area contributed by atoms with E-state index in [0.717, 1.165) is 0 Å². The third-order valence-electron chi connectivity index (χ3n) is 2.53. The molecule has 0 radical (unpaired) electrons. The summed E-state index contributed by atoms with van der Waals surface area (Å²) in [6.45, 7) is 0. The van der Waals surface area contributed by atoms with Crippen LogP contribution in [0.3, 0.4) is 0 Å². The van der Waals surface area contributed by atoms with Crippen LogP contribution in [-0.4, -0.2) is 35.7 Å². The first-order valence-electron chi connectivity index (χ1n) is 4.59. The van der Waals surface area contributed by atoms with Crippen LogP contribution in [0.15, 0.2) is 24.5 Å². The van der Waals surface area contributed by atoms with Gasteiger partial charge in [-0.1, -0.05) is 0 Å². The van der Waals surface area contributed by atoms with Crippen molar-refractivity contribution in [1.29, 1.82) is 5.41 Å². The average Bonchev–Trinajstić information content (AvgIpc) is 2.41. The number of sulfone groups is 1. The summed E-state index contributed by atoms with van der Waals surface area (Å²) in [5.74, 6) is -0.205. The Labute approximate surface area is 87.4 Å². The summed E-state index contributed by atoms with van der Waals surface area (Å²) in [6, 6.07) is 2.71. The monoisotopic (exact) mass is 228 g/mol. The third kappa shape index (κ3) is 2.10. The quantitative estimate of drug-likeness (QED) is 0.666. The molecule has 82 valence electrons. The Balaban J connectivity index is 2.33. The molecule has 2 atom stereocenters. The zero-order valence-electron chi connectivity index (χ0n) is 8.00. The Kier molecular flexibility index (Phi) is 2.40. The van der Waals surface area contributed by atoms with Crippen LogP contribution in [-0.2, 0) is 9.84 Å². The normalized spacial score (nSPS) is 29.1. The second-order valence-corrected chi connectivity index (χ2v) is 5.90. The molecule has 0 spiro atoms. The molecular formula is C9H12N2O3S. The van der Waals surface area contributed by atoms with Gasteiger partial charge in [0.1, 0.15) is 0 Å². The summed E-state index contributed by atoms with van der Waals surface area (Å²) in [6.07, 6.45) is 2.39. The lowest BCUT2D eigenvalue weighted by atomic mass is 10.2. The van der Waals surface area contributed by atoms with Crippen molar-refractivity contribution in [2.24, 2.45) is 0 Å². The van der Waals surface area contributed by atoms with E-state index in [0.29, 0.717) is 5.36 Å². The molecular weight excluding hydrogens is 216 g/mol. The number of aromatic nitrogens is 1. The summed E-state index contributed by atoms with van der Waals surface area (Å²) in [4.78, 5) is 0. The second-order valence-electron chi connectivity index (χ2n) is 3.75. The minimum atomic E-state index is -3.12. The molecule has 1 aromatic heterocycles. The number of rotatable bonds is 1. The molecule has 1 fully saturated rings. The lowest BCUT2D eigenvalue weighted by molar-refractivity contribution is 0.153. The molecule has 0 unspecified atom stereocenters. The fourth-order valence-electron chi connectivity index (χ4n) is 1.75. The van der Waals surface area contributed by atoms with Gasteiger partial charge in [-0.15, -0.1) is 0 Å². The molecule has 1 aliphatic heterocycles. The Morgan fingerprint density at radius 3 is 2.40 bits per heavy atom. The van der Waals surface area contributed by atoms with Gasteiger partial charge >= 0.3 is 0 Å². The van der Waals surface area contributed by atoms with E-state index < -0.39 is 22.0 Å². The Hall–Kier alpha value is -1.14. The van der Waals surface area contributed by atoms with E-state index in [1.54, 1.807) is 29.1 Å². The fourth-order valence-corrected chi connectivity index (χ4v) is 3.55. The maximum Gasteiger partial charge on any atom is 0.155 e. The molecule has 6 heteroatoms. The number of nitrogens with one attached hydrogen (secondary N) is 1. The minimum Gasteiger partial charge on any atom is -0.390 e. The smallest absolute Gasteiger partial charge is 0.155 e. The lowest BCUT2D eigenvalue weighted by Crippen LogP contribution is -2.22. The molecule has 2 N–H and O–H groups in total. The third-order valence-corrected chi connectivity index (χ3v) is 4.23. The minimum absolute atomic E-state index is 0.0316. The van der Waals surface area contributed by atoms with Crippen LogP contribution in [0.1, 0.15) is 6.04 Å². The standard InChI is InChI=1S/C9H12N2O3S/c10-7-1-3-11(4-2-7)8-5-15(13,14)6-9(8)12/h1-4,8-10,12H,5-6H2/t8-,9-/m1/s1. The predicted molar refractivity (Wildman–Crippen MR) is 54.0 cm³/mol. The second kappa shape index (κ2) is 3.46. The van der Waals surface area contributed by atoms with Gasteiger partial charge in [-0.2, -0.15) is 0 Å². The Bertz CT molecular complexity index is 500. The summed E-state index contributed by atoms with van der Waals surface area (Å²) < 4.78 is 24.2. The van der Waals surface area contributed by atoms with E-state index in [-0.39, 0.29) is 11.5 Å². The van der Waals surface area contributed by atoms with E-state index in [1.807, 2.05) is 0 Å². The Morgan fingerprint density at radius 2 is 1.93 bits per heavy atom. The van der Waals surface area contributed by atoms with Crippen LogP contribution in [0.25, 0.3) is 0 Å². The highest BCUT2D eigenvalue weighted by atomic mass is 32.2. The molecule has 5 nitrogen and oxygen atoms in total. The molecule has 0 amide bonds. The largest absolute Gasteiger partial charge is 0.390 e. The number of aliphatic hydroxyl groups excluding tert-OH is 1. The van der Waals surface area contributed by atoms with E-state index in [9.17, 15) is 13.5 Å². The van der Waals surface area contributed by atoms with E-state index in [1.165, 1.54) is 0 Å². The van der Waals surface area contributed by atoms with Gasteiger partial charge < -0.3 is 15.1 Å². The van der Waals surface area contributed by atoms with E-state index in [2.05, 4.69) is 0 Å². The van der Waals surface area contributed by atoms with Crippen LogP contribution in [0.5, 0.6) is 0 Å². The molecule has 0 saturated carbocycles. The highest BCUT2D eigenvalue weighted by Crippen LogP contribution is 2.23. The van der Waals surface area contributed by atoms with Gasteiger partial charge in [-0.05, 0) is 12.1 Å². The molecule has 1 aromatic rings. The van der Waals surface area contributed by atoms with Crippen molar-refractivity contribution in [2.75, 3.05) is 11.5 Å². The van der Waals surface area contributed by atoms with Gasteiger partial charge in [-0.3, -0.25) is 0 Å². The molecule has 0 bridgehead atoms. The van der Waals surface area contributed by atoms with Crippen LogP contribution in [0.2, 0.25) is 0 Å². The highest BCUT2D eigenvalue weighted by molar-refractivity contribution is 7.91. The summed E-state index contributed by atoms with van der Waals surface area (Å²) in [5, 5.41) is 17.3. The molecule has 0 aromatic carbocycles. The Morgan fingerprint density at radius 1 is 1.33 bits per heavy atom. The van der Waals surface area contributed by atoms with Crippen molar-refractivity contribution in [3.63, 3.8) is 0 Å². The zero-order valence-corrected chi connectivity index (χ0v) is 8.81. The van der Waals surface area contributed by atoms with Crippen molar-refractivity contribution in [1.82, 2.24) is 4.57 Å². The summed E-state index contributed by atoms with van der Waals surface area (Å²) in [5.41, 5.74) is 0. The lowest BCUT2D eigenvalue weighted by Gasteiger charge is -2.16. The molecule has 1 aliphatic rings. The SMILES string of the molecule is N=c1ccn([C@@H]2CS(=O)(=O)C[C@H]2O)cc1. The molecule has 2 rings (SSSR count).